The molecule has 0 atom stereocenters. The van der Waals surface area contributed by atoms with Crippen LogP contribution in [0.15, 0.2) is 24.3 Å². The van der Waals surface area contributed by atoms with Crippen molar-refractivity contribution in [2.75, 3.05) is 19.0 Å². The molecule has 0 radical (unpaired) electrons. The first-order valence-corrected chi connectivity index (χ1v) is 4.67. The normalized spacial score (nSPS) is 14.0. The van der Waals surface area contributed by atoms with Crippen molar-refractivity contribution in [2.45, 2.75) is 0 Å². The third kappa shape index (κ3) is 1.56. The number of fused-ring (bicyclic) bond motifs is 1. The average Bonchev–Trinajstić information content (AvgIpc) is 2.23. The van der Waals surface area contributed by atoms with Crippen molar-refractivity contribution in [2.24, 2.45) is 0 Å². The van der Waals surface area contributed by atoms with E-state index >= 15 is 0 Å². The molecule has 0 saturated carbocycles. The monoisotopic (exact) mass is 201 g/mol. The van der Waals surface area contributed by atoms with E-state index in [4.69, 9.17) is 0 Å². The van der Waals surface area contributed by atoms with Crippen LogP contribution in [0.3, 0.4) is 0 Å². The number of carbonyl (C=O) groups is 2. The Hall–Kier alpha value is -1.90. The third-order valence-corrected chi connectivity index (χ3v) is 2.43. The minimum Gasteiger partial charge on any atom is -0.378 e. The molecule has 1 aliphatic carbocycles. The van der Waals surface area contributed by atoms with Crippen LogP contribution in [-0.2, 0) is 4.79 Å². The van der Waals surface area contributed by atoms with Gasteiger partial charge in [-0.15, -0.1) is 0 Å². The molecule has 0 aliphatic heterocycles. The van der Waals surface area contributed by atoms with Crippen LogP contribution < -0.4 is 4.90 Å². The molecule has 15 heavy (non-hydrogen) atoms. The molecule has 3 nitrogen and oxygen atoms in total. The van der Waals surface area contributed by atoms with Gasteiger partial charge in [-0.2, -0.15) is 0 Å². The van der Waals surface area contributed by atoms with Crippen LogP contribution in [0, 0.1) is 0 Å². The second-order valence-corrected chi connectivity index (χ2v) is 3.69. The Morgan fingerprint density at radius 1 is 1.07 bits per heavy atom. The molecular weight excluding hydrogens is 190 g/mol. The van der Waals surface area contributed by atoms with Crippen LogP contribution in [0.5, 0.6) is 0 Å². The Balaban J connectivity index is 2.54. The summed E-state index contributed by atoms with van der Waals surface area (Å²) < 4.78 is 0. The number of benzene rings is 1. The number of hydrogen-bond donors (Lipinski definition) is 0. The van der Waals surface area contributed by atoms with Gasteiger partial charge in [-0.05, 0) is 29.8 Å². The minimum absolute atomic E-state index is 0.419. The van der Waals surface area contributed by atoms with Crippen molar-refractivity contribution in [3.63, 3.8) is 0 Å². The quantitative estimate of drug-likeness (QED) is 0.647. The molecule has 3 heteroatoms. The molecule has 1 aromatic rings. The van der Waals surface area contributed by atoms with E-state index in [-0.39, 0.29) is 0 Å². The predicted octanol–water partition coefficient (Wildman–Crippen LogP) is 1.53. The van der Waals surface area contributed by atoms with Crippen molar-refractivity contribution in [1.82, 2.24) is 0 Å². The van der Waals surface area contributed by atoms with Gasteiger partial charge in [0.05, 0.1) is 0 Å². The van der Waals surface area contributed by atoms with Crippen molar-refractivity contribution < 1.29 is 9.59 Å². The summed E-state index contributed by atoms with van der Waals surface area (Å²) >= 11 is 0. The Labute approximate surface area is 88.0 Å². The molecule has 0 N–H and O–H groups in total. The summed E-state index contributed by atoms with van der Waals surface area (Å²) in [5.74, 6) is -0.863. The summed E-state index contributed by atoms with van der Waals surface area (Å²) in [6, 6.07) is 5.44. The number of anilines is 1. The molecule has 0 fully saturated rings. The van der Waals surface area contributed by atoms with E-state index < -0.39 is 11.6 Å². The fourth-order valence-electron chi connectivity index (χ4n) is 1.55. The second kappa shape index (κ2) is 3.35. The number of nitrogens with zero attached hydrogens (tertiary/aromatic N) is 1. The highest BCUT2D eigenvalue weighted by molar-refractivity contribution is 6.50. The van der Waals surface area contributed by atoms with Crippen molar-refractivity contribution in [3.8, 4) is 0 Å². The van der Waals surface area contributed by atoms with Gasteiger partial charge in [0, 0.05) is 25.3 Å². The second-order valence-electron chi connectivity index (χ2n) is 3.69. The van der Waals surface area contributed by atoms with E-state index in [2.05, 4.69) is 0 Å². The van der Waals surface area contributed by atoms with Gasteiger partial charge in [0.15, 0.2) is 0 Å². The van der Waals surface area contributed by atoms with E-state index in [1.807, 2.05) is 31.1 Å². The van der Waals surface area contributed by atoms with Gasteiger partial charge >= 0.3 is 0 Å². The van der Waals surface area contributed by atoms with Gasteiger partial charge in [0.25, 0.3) is 0 Å². The van der Waals surface area contributed by atoms with Crippen LogP contribution in [0.4, 0.5) is 5.69 Å². The van der Waals surface area contributed by atoms with Gasteiger partial charge in [-0.25, -0.2) is 0 Å². The first kappa shape index (κ1) is 9.65. The maximum Gasteiger partial charge on any atom is 0.233 e. The van der Waals surface area contributed by atoms with Gasteiger partial charge < -0.3 is 4.90 Å². The van der Waals surface area contributed by atoms with Crippen LogP contribution in [0.1, 0.15) is 15.9 Å². The van der Waals surface area contributed by atoms with Gasteiger partial charge in [0.1, 0.15) is 0 Å². The molecule has 0 bridgehead atoms. The molecule has 0 saturated heterocycles. The lowest BCUT2D eigenvalue weighted by atomic mass is 9.95. The maximum atomic E-state index is 11.5. The number of rotatable bonds is 1. The summed E-state index contributed by atoms with van der Waals surface area (Å²) in [6.45, 7) is 0. The minimum atomic E-state index is -0.444. The Morgan fingerprint density at radius 2 is 1.80 bits per heavy atom. The van der Waals surface area contributed by atoms with E-state index in [9.17, 15) is 9.59 Å². The summed E-state index contributed by atoms with van der Waals surface area (Å²) in [4.78, 5) is 24.6. The fraction of sp³-hybridized carbons (Fsp3) is 0.167. The van der Waals surface area contributed by atoms with Crippen LogP contribution in [-0.4, -0.2) is 25.7 Å². The largest absolute Gasteiger partial charge is 0.378 e. The van der Waals surface area contributed by atoms with Crippen molar-refractivity contribution in [1.29, 1.82) is 0 Å². The molecule has 1 aromatic carbocycles. The topological polar surface area (TPSA) is 37.4 Å². The molecule has 76 valence electrons. The maximum absolute atomic E-state index is 11.5. The summed E-state index contributed by atoms with van der Waals surface area (Å²) in [5, 5.41) is 0. The molecule has 0 amide bonds. The molecular formula is C12H11NO2. The zero-order valence-corrected chi connectivity index (χ0v) is 8.65. The van der Waals surface area contributed by atoms with Gasteiger partial charge in [-0.3, -0.25) is 9.59 Å². The van der Waals surface area contributed by atoms with Crippen molar-refractivity contribution in [3.05, 3.63) is 35.4 Å². The lowest BCUT2D eigenvalue weighted by Gasteiger charge is -2.15. The summed E-state index contributed by atoms with van der Waals surface area (Å²) in [6.07, 6.45) is 3.01. The smallest absolute Gasteiger partial charge is 0.233 e. The highest BCUT2D eigenvalue weighted by Gasteiger charge is 2.20. The summed E-state index contributed by atoms with van der Waals surface area (Å²) in [7, 11) is 3.86. The number of ketones is 2. The van der Waals surface area contributed by atoms with Crippen LogP contribution in [0.2, 0.25) is 0 Å². The zero-order valence-electron chi connectivity index (χ0n) is 8.65. The lowest BCUT2D eigenvalue weighted by molar-refractivity contribution is -0.110. The standard InChI is InChI=1S/C12H11NO2/c1-13(2)9-4-5-10-8(7-9)3-6-11(14)12(10)15/h3-7H,1-2H3. The predicted molar refractivity (Wildman–Crippen MR) is 59.1 cm³/mol. The molecule has 0 unspecified atom stereocenters. The molecule has 2 rings (SSSR count). The highest BCUT2D eigenvalue weighted by Crippen LogP contribution is 2.22. The number of allylic oxidation sites excluding steroid dienone is 1. The third-order valence-electron chi connectivity index (χ3n) is 2.43. The van der Waals surface area contributed by atoms with E-state index in [0.29, 0.717) is 5.56 Å². The van der Waals surface area contributed by atoms with Gasteiger partial charge in [0.2, 0.25) is 11.6 Å². The molecule has 0 spiro atoms. The van der Waals surface area contributed by atoms with E-state index in [1.54, 1.807) is 12.1 Å². The lowest BCUT2D eigenvalue weighted by Crippen LogP contribution is -2.17. The Bertz CT molecular complexity index is 473. The van der Waals surface area contributed by atoms with E-state index in [1.165, 1.54) is 6.08 Å². The SMILES string of the molecule is CN(C)c1ccc2c(c1)C=CC(=O)C2=O. The van der Waals surface area contributed by atoms with Crippen molar-refractivity contribution >= 4 is 23.3 Å². The number of Topliss-reactive ketones (excluding diaryl/α,β-unsaturated/α-hetero) is 1. The summed E-state index contributed by atoms with van der Waals surface area (Å²) in [5.41, 5.74) is 2.32. The molecule has 0 aromatic heterocycles. The first-order chi connectivity index (χ1) is 7.09. The van der Waals surface area contributed by atoms with E-state index in [0.717, 1.165) is 11.3 Å². The zero-order chi connectivity index (χ0) is 11.0. The Kier molecular flexibility index (Phi) is 2.15. The highest BCUT2D eigenvalue weighted by atomic mass is 16.2. The number of hydrogen-bond acceptors (Lipinski definition) is 3. The molecule has 0 heterocycles. The van der Waals surface area contributed by atoms with Gasteiger partial charge in [-0.1, -0.05) is 6.08 Å². The number of carbonyl (C=O) groups excluding carboxylic acids is 2. The van der Waals surface area contributed by atoms with Crippen LogP contribution >= 0.6 is 0 Å². The fourth-order valence-corrected chi connectivity index (χ4v) is 1.55. The average molecular weight is 201 g/mol. The molecule has 1 aliphatic rings. The van der Waals surface area contributed by atoms with Crippen LogP contribution in [0.25, 0.3) is 6.08 Å². The Morgan fingerprint density at radius 3 is 2.47 bits per heavy atom. The first-order valence-electron chi connectivity index (χ1n) is 4.67.